The Morgan fingerprint density at radius 3 is 2.79 bits per heavy atom. The van der Waals surface area contributed by atoms with Crippen molar-refractivity contribution in [2.75, 3.05) is 24.3 Å². The first-order chi connectivity index (χ1) is 16.0. The molecular weight excluding hydrogens is 438 g/mol. The molecule has 0 radical (unpaired) electrons. The predicted molar refractivity (Wildman–Crippen MR) is 127 cm³/mol. The zero-order valence-electron chi connectivity index (χ0n) is 18.1. The second-order valence-electron chi connectivity index (χ2n) is 7.63. The minimum atomic E-state index is -0.345. The number of thiazole rings is 1. The highest BCUT2D eigenvalue weighted by atomic mass is 32.1. The Morgan fingerprint density at radius 1 is 1.21 bits per heavy atom. The van der Waals surface area contributed by atoms with Gasteiger partial charge in [0.2, 0.25) is 0 Å². The van der Waals surface area contributed by atoms with Gasteiger partial charge in [-0.3, -0.25) is 14.9 Å². The number of nitriles is 1. The lowest BCUT2D eigenvalue weighted by molar-refractivity contribution is -0.118. The third-order valence-electron chi connectivity index (χ3n) is 5.33. The van der Waals surface area contributed by atoms with Crippen LogP contribution < -0.4 is 20.7 Å². The molecule has 8 nitrogen and oxygen atoms in total. The molecule has 0 bridgehead atoms. The van der Waals surface area contributed by atoms with Gasteiger partial charge in [-0.1, -0.05) is 6.07 Å². The highest BCUT2D eigenvalue weighted by molar-refractivity contribution is 7.15. The van der Waals surface area contributed by atoms with Gasteiger partial charge >= 0.3 is 0 Å². The molecule has 2 amide bonds. The summed E-state index contributed by atoms with van der Waals surface area (Å²) in [6.07, 6.45) is 2.87. The van der Waals surface area contributed by atoms with E-state index in [-0.39, 0.29) is 18.4 Å². The number of likely N-dealkylation sites (N-methyl/N-ethyl adjacent to an activating group) is 1. The number of carbonyl (C=O) groups is 2. The van der Waals surface area contributed by atoms with E-state index in [1.807, 2.05) is 13.1 Å². The molecule has 0 aliphatic heterocycles. The van der Waals surface area contributed by atoms with Crippen LogP contribution in [-0.4, -0.2) is 36.5 Å². The van der Waals surface area contributed by atoms with E-state index in [0.29, 0.717) is 33.7 Å². The Bertz CT molecular complexity index is 1200. The molecule has 168 valence electrons. The van der Waals surface area contributed by atoms with Crippen LogP contribution in [0.15, 0.2) is 48.5 Å². The van der Waals surface area contributed by atoms with Crippen LogP contribution in [0, 0.1) is 11.3 Å². The van der Waals surface area contributed by atoms with E-state index in [4.69, 9.17) is 10.00 Å². The summed E-state index contributed by atoms with van der Waals surface area (Å²) in [5.74, 6) is -0.213. The van der Waals surface area contributed by atoms with Crippen LogP contribution in [0.25, 0.3) is 0 Å². The molecule has 0 spiro atoms. The summed E-state index contributed by atoms with van der Waals surface area (Å²) in [4.78, 5) is 30.7. The van der Waals surface area contributed by atoms with E-state index in [2.05, 4.69) is 20.9 Å². The van der Waals surface area contributed by atoms with Crippen molar-refractivity contribution in [1.29, 1.82) is 5.26 Å². The van der Waals surface area contributed by atoms with Crippen molar-refractivity contribution in [2.24, 2.45) is 0 Å². The molecule has 3 N–H and O–H groups in total. The summed E-state index contributed by atoms with van der Waals surface area (Å²) in [6, 6.07) is 15.7. The maximum atomic E-state index is 12.7. The number of carbonyl (C=O) groups excluding carboxylic acids is 2. The van der Waals surface area contributed by atoms with Gasteiger partial charge in [0.05, 0.1) is 17.3 Å². The molecule has 1 unspecified atom stereocenters. The fourth-order valence-corrected chi connectivity index (χ4v) is 4.63. The number of rotatable bonds is 7. The average molecular weight is 462 g/mol. The zero-order chi connectivity index (χ0) is 23.2. The van der Waals surface area contributed by atoms with Crippen molar-refractivity contribution in [3.8, 4) is 11.8 Å². The number of hydrogen-bond acceptors (Lipinski definition) is 7. The highest BCUT2D eigenvalue weighted by Crippen LogP contribution is 2.30. The molecule has 1 aliphatic carbocycles. The zero-order valence-corrected chi connectivity index (χ0v) is 18.9. The van der Waals surface area contributed by atoms with E-state index in [1.165, 1.54) is 16.2 Å². The fraction of sp³-hybridized carbons (Fsp3) is 0.250. The van der Waals surface area contributed by atoms with Crippen LogP contribution in [0.1, 0.15) is 32.9 Å². The number of ether oxygens (including phenoxy) is 1. The van der Waals surface area contributed by atoms with E-state index < -0.39 is 0 Å². The van der Waals surface area contributed by atoms with Crippen LogP contribution in [0.4, 0.5) is 10.8 Å². The second kappa shape index (κ2) is 10.3. The number of anilines is 2. The van der Waals surface area contributed by atoms with Gasteiger partial charge in [-0.2, -0.15) is 5.26 Å². The summed E-state index contributed by atoms with van der Waals surface area (Å²) in [5, 5.41) is 18.3. The number of hydrogen-bond donors (Lipinski definition) is 3. The van der Waals surface area contributed by atoms with Crippen molar-refractivity contribution in [3.63, 3.8) is 0 Å². The van der Waals surface area contributed by atoms with Gasteiger partial charge in [0.25, 0.3) is 11.8 Å². The molecule has 1 atom stereocenters. The van der Waals surface area contributed by atoms with Gasteiger partial charge < -0.3 is 15.4 Å². The number of aromatic nitrogens is 1. The van der Waals surface area contributed by atoms with Crippen LogP contribution >= 0.6 is 11.3 Å². The Hall–Kier alpha value is -3.74. The van der Waals surface area contributed by atoms with Gasteiger partial charge in [0.15, 0.2) is 11.7 Å². The SMILES string of the molecule is CNC1CCc2nc(NC(=O)c3cccc(OCC(=O)Nc4ccc(C#N)cc4)c3)sc2C1. The maximum Gasteiger partial charge on any atom is 0.262 e. The van der Waals surface area contributed by atoms with E-state index in [0.717, 1.165) is 25.0 Å². The summed E-state index contributed by atoms with van der Waals surface area (Å²) in [6.45, 7) is -0.211. The Morgan fingerprint density at radius 2 is 2.03 bits per heavy atom. The van der Waals surface area contributed by atoms with Gasteiger partial charge in [-0.25, -0.2) is 4.98 Å². The minimum absolute atomic E-state index is 0.211. The van der Waals surface area contributed by atoms with Crippen LogP contribution in [0.3, 0.4) is 0 Å². The van der Waals surface area contributed by atoms with Crippen LogP contribution in [0.5, 0.6) is 5.75 Å². The lowest BCUT2D eigenvalue weighted by atomic mass is 9.98. The van der Waals surface area contributed by atoms with Crippen molar-refractivity contribution in [2.45, 2.75) is 25.3 Å². The molecule has 1 heterocycles. The lowest BCUT2D eigenvalue weighted by Gasteiger charge is -2.19. The monoisotopic (exact) mass is 461 g/mol. The summed E-state index contributed by atoms with van der Waals surface area (Å²) >= 11 is 1.51. The first-order valence-corrected chi connectivity index (χ1v) is 11.4. The van der Waals surface area contributed by atoms with Gasteiger partial charge in [-0.05, 0) is 68.8 Å². The molecule has 0 saturated heterocycles. The van der Waals surface area contributed by atoms with Crippen molar-refractivity contribution in [1.82, 2.24) is 10.3 Å². The predicted octanol–water partition coefficient (Wildman–Crippen LogP) is 3.36. The molecule has 3 aromatic rings. The van der Waals surface area contributed by atoms with Gasteiger partial charge in [-0.15, -0.1) is 11.3 Å². The summed E-state index contributed by atoms with van der Waals surface area (Å²) < 4.78 is 5.55. The average Bonchev–Trinajstić information content (AvgIpc) is 3.24. The molecule has 9 heteroatoms. The topological polar surface area (TPSA) is 116 Å². The van der Waals surface area contributed by atoms with Crippen molar-refractivity contribution < 1.29 is 14.3 Å². The first kappa shape index (κ1) is 22.5. The molecule has 0 saturated carbocycles. The molecular formula is C24H23N5O3S. The maximum absolute atomic E-state index is 12.7. The number of benzene rings is 2. The Labute approximate surface area is 195 Å². The number of fused-ring (bicyclic) bond motifs is 1. The fourth-order valence-electron chi connectivity index (χ4n) is 3.55. The molecule has 1 aromatic heterocycles. The quantitative estimate of drug-likeness (QED) is 0.497. The van der Waals surface area contributed by atoms with Gasteiger partial charge in [0, 0.05) is 22.2 Å². The molecule has 0 fully saturated rings. The minimum Gasteiger partial charge on any atom is -0.484 e. The highest BCUT2D eigenvalue weighted by Gasteiger charge is 2.22. The van der Waals surface area contributed by atoms with E-state index >= 15 is 0 Å². The molecule has 33 heavy (non-hydrogen) atoms. The van der Waals surface area contributed by atoms with Crippen molar-refractivity contribution >= 4 is 34.0 Å². The second-order valence-corrected chi connectivity index (χ2v) is 8.71. The van der Waals surface area contributed by atoms with Gasteiger partial charge in [0.1, 0.15) is 5.75 Å². The first-order valence-electron chi connectivity index (χ1n) is 10.5. The Balaban J connectivity index is 1.32. The largest absolute Gasteiger partial charge is 0.484 e. The van der Waals surface area contributed by atoms with E-state index in [9.17, 15) is 9.59 Å². The molecule has 4 rings (SSSR count). The van der Waals surface area contributed by atoms with Crippen LogP contribution in [-0.2, 0) is 17.6 Å². The number of aryl methyl sites for hydroxylation is 1. The lowest BCUT2D eigenvalue weighted by Crippen LogP contribution is -2.30. The van der Waals surface area contributed by atoms with E-state index in [1.54, 1.807) is 48.5 Å². The van der Waals surface area contributed by atoms with Crippen LogP contribution in [0.2, 0.25) is 0 Å². The smallest absolute Gasteiger partial charge is 0.262 e. The third-order valence-corrected chi connectivity index (χ3v) is 6.37. The molecule has 2 aromatic carbocycles. The summed E-state index contributed by atoms with van der Waals surface area (Å²) in [5.41, 5.74) is 2.57. The number of nitrogens with one attached hydrogen (secondary N) is 3. The number of nitrogens with zero attached hydrogens (tertiary/aromatic N) is 2. The molecule has 1 aliphatic rings. The normalized spacial score (nSPS) is 14.6. The standard InChI is InChI=1S/C24H23N5O3S/c1-26-18-9-10-20-21(12-18)33-24(28-20)29-23(31)16-3-2-4-19(11-16)32-14-22(30)27-17-7-5-15(13-25)6-8-17/h2-8,11,18,26H,9-10,12,14H2,1H3,(H,27,30)(H,28,29,31). The third kappa shape index (κ3) is 5.74. The summed E-state index contributed by atoms with van der Waals surface area (Å²) in [7, 11) is 1.96. The number of amides is 2. The Kier molecular flexibility index (Phi) is 6.98. The van der Waals surface area contributed by atoms with Crippen molar-refractivity contribution in [3.05, 3.63) is 70.2 Å².